The first kappa shape index (κ1) is 27.6. The van der Waals surface area contributed by atoms with Gasteiger partial charge in [-0.2, -0.15) is 9.97 Å². The number of methoxy groups -OCH3 is 1. The first-order valence-electron chi connectivity index (χ1n) is 13.7. The summed E-state index contributed by atoms with van der Waals surface area (Å²) < 4.78 is 20.3. The summed E-state index contributed by atoms with van der Waals surface area (Å²) in [5.41, 5.74) is 8.35. The maximum Gasteiger partial charge on any atom is 0.253 e. The van der Waals surface area contributed by atoms with Crippen LogP contribution in [-0.4, -0.2) is 65.0 Å². The minimum Gasteiger partial charge on any atom is -0.495 e. The fourth-order valence-corrected chi connectivity index (χ4v) is 5.81. The molecule has 0 saturated carbocycles. The summed E-state index contributed by atoms with van der Waals surface area (Å²) in [6.45, 7) is 2.71. The van der Waals surface area contributed by atoms with Gasteiger partial charge in [0.25, 0.3) is 5.91 Å². The SMILES string of the molecule is COc1cc2c(cc1Nc1nc(Nc3cc(Cl)cc(F)c3C(N)=O)c3cc[nH]c3n1)N(CC(=O)N1CCCC1)CCC2. The molecule has 0 bridgehead atoms. The lowest BCUT2D eigenvalue weighted by Gasteiger charge is -2.33. The number of H-pyrrole nitrogens is 1. The molecular weight excluding hydrogens is 563 g/mol. The summed E-state index contributed by atoms with van der Waals surface area (Å²) >= 11 is 6.08. The number of likely N-dealkylation sites (tertiary alicyclic amines) is 1. The first-order chi connectivity index (χ1) is 20.3. The maximum absolute atomic E-state index is 14.6. The van der Waals surface area contributed by atoms with Crippen LogP contribution in [0.15, 0.2) is 36.5 Å². The molecule has 2 aliphatic rings. The van der Waals surface area contributed by atoms with E-state index in [4.69, 9.17) is 22.1 Å². The molecule has 1 saturated heterocycles. The van der Waals surface area contributed by atoms with Gasteiger partial charge in [-0.15, -0.1) is 0 Å². The molecule has 218 valence electrons. The molecular formula is C29H30ClFN8O3. The summed E-state index contributed by atoms with van der Waals surface area (Å²) in [7, 11) is 1.59. The number of carbonyl (C=O) groups excluding carboxylic acids is 2. The zero-order chi connectivity index (χ0) is 29.4. The van der Waals surface area contributed by atoms with Crippen molar-refractivity contribution in [2.24, 2.45) is 5.73 Å². The molecule has 11 nitrogen and oxygen atoms in total. The summed E-state index contributed by atoms with van der Waals surface area (Å²) in [6.07, 6.45) is 5.60. The highest BCUT2D eigenvalue weighted by atomic mass is 35.5. The highest BCUT2D eigenvalue weighted by Gasteiger charge is 2.26. The molecule has 0 atom stereocenters. The van der Waals surface area contributed by atoms with Crippen molar-refractivity contribution in [3.05, 3.63) is 58.5 Å². The number of hydrogen-bond acceptors (Lipinski definition) is 8. The Kier molecular flexibility index (Phi) is 7.46. The second-order valence-electron chi connectivity index (χ2n) is 10.4. The summed E-state index contributed by atoms with van der Waals surface area (Å²) in [4.78, 5) is 41.3. The number of anilines is 5. The van der Waals surface area contributed by atoms with Crippen LogP contribution in [0.5, 0.6) is 5.75 Å². The summed E-state index contributed by atoms with van der Waals surface area (Å²) in [5.74, 6) is -0.557. The van der Waals surface area contributed by atoms with Crippen molar-refractivity contribution >= 4 is 63.3 Å². The van der Waals surface area contributed by atoms with Gasteiger partial charge in [-0.3, -0.25) is 9.59 Å². The maximum atomic E-state index is 14.6. The van der Waals surface area contributed by atoms with E-state index in [9.17, 15) is 14.0 Å². The molecule has 1 fully saturated rings. The number of ether oxygens (including phenoxy) is 1. The van der Waals surface area contributed by atoms with Crippen LogP contribution in [0, 0.1) is 5.82 Å². The first-order valence-corrected chi connectivity index (χ1v) is 14.1. The average molecular weight is 593 g/mol. The summed E-state index contributed by atoms with van der Waals surface area (Å²) in [6, 6.07) is 8.11. The number of halogens is 2. The van der Waals surface area contributed by atoms with Gasteiger partial charge in [0, 0.05) is 36.5 Å². The molecule has 2 aromatic heterocycles. The monoisotopic (exact) mass is 592 g/mol. The molecule has 42 heavy (non-hydrogen) atoms. The fourth-order valence-electron chi connectivity index (χ4n) is 5.61. The van der Waals surface area contributed by atoms with Gasteiger partial charge in [-0.1, -0.05) is 11.6 Å². The minimum absolute atomic E-state index is 0.0734. The number of benzene rings is 2. The number of aromatic amines is 1. The van der Waals surface area contributed by atoms with Gasteiger partial charge in [0.05, 0.1) is 36.0 Å². The number of nitrogens with zero attached hydrogens (tertiary/aromatic N) is 4. The number of primary amides is 1. The Balaban J connectivity index is 1.34. The van der Waals surface area contributed by atoms with E-state index in [0.717, 1.165) is 62.6 Å². The van der Waals surface area contributed by atoms with E-state index < -0.39 is 11.7 Å². The van der Waals surface area contributed by atoms with Crippen molar-refractivity contribution in [1.82, 2.24) is 19.9 Å². The number of carbonyl (C=O) groups is 2. The van der Waals surface area contributed by atoms with Crippen molar-refractivity contribution < 1.29 is 18.7 Å². The number of aromatic nitrogens is 3. The molecule has 0 unspecified atom stereocenters. The van der Waals surface area contributed by atoms with Crippen molar-refractivity contribution in [3.8, 4) is 5.75 Å². The second kappa shape index (κ2) is 11.4. The number of fused-ring (bicyclic) bond motifs is 2. The van der Waals surface area contributed by atoms with Crippen LogP contribution in [0.3, 0.4) is 0 Å². The molecule has 2 aliphatic heterocycles. The van der Waals surface area contributed by atoms with Crippen molar-refractivity contribution in [2.45, 2.75) is 25.7 Å². The van der Waals surface area contributed by atoms with Gasteiger partial charge >= 0.3 is 0 Å². The Morgan fingerprint density at radius 1 is 1.10 bits per heavy atom. The lowest BCUT2D eigenvalue weighted by atomic mass is 10.00. The standard InChI is InChI=1S/C29H30ClFN8O3/c1-42-23-11-16-5-4-10-39(15-24(40)38-8-2-3-9-38)22(16)14-20(23)35-29-36-27-18(6-7-33-27)28(37-29)34-21-13-17(30)12-19(31)25(21)26(32)41/h6-7,11-14H,2-5,8-10,15H2,1H3,(H2,32,41)(H3,33,34,35,36,37). The van der Waals surface area contributed by atoms with Gasteiger partial charge in [-0.25, -0.2) is 4.39 Å². The third-order valence-corrected chi connectivity index (χ3v) is 7.84. The Labute approximate surface area is 246 Å². The molecule has 13 heteroatoms. The molecule has 2 amide bonds. The predicted molar refractivity (Wildman–Crippen MR) is 160 cm³/mol. The topological polar surface area (TPSA) is 142 Å². The average Bonchev–Trinajstić information content (AvgIpc) is 3.65. The number of nitrogens with one attached hydrogen (secondary N) is 3. The lowest BCUT2D eigenvalue weighted by Crippen LogP contribution is -2.41. The summed E-state index contributed by atoms with van der Waals surface area (Å²) in [5, 5.41) is 6.94. The Morgan fingerprint density at radius 2 is 1.90 bits per heavy atom. The van der Waals surface area contributed by atoms with Crippen LogP contribution in [0.4, 0.5) is 33.2 Å². The second-order valence-corrected chi connectivity index (χ2v) is 10.8. The molecule has 0 radical (unpaired) electrons. The number of rotatable bonds is 8. The van der Waals surface area contributed by atoms with Crippen LogP contribution in [-0.2, 0) is 11.2 Å². The van der Waals surface area contributed by atoms with Crippen LogP contribution in [0.25, 0.3) is 11.0 Å². The van der Waals surface area contributed by atoms with Crippen molar-refractivity contribution in [2.75, 3.05) is 48.8 Å². The van der Waals surface area contributed by atoms with Crippen LogP contribution in [0.1, 0.15) is 35.2 Å². The molecule has 4 heterocycles. The highest BCUT2D eigenvalue weighted by molar-refractivity contribution is 6.31. The highest BCUT2D eigenvalue weighted by Crippen LogP contribution is 2.38. The normalized spacial score (nSPS) is 14.6. The third kappa shape index (κ3) is 5.37. The van der Waals surface area contributed by atoms with Crippen LogP contribution < -0.4 is 26.0 Å². The fraction of sp³-hybridized carbons (Fsp3) is 0.310. The minimum atomic E-state index is -0.948. The van der Waals surface area contributed by atoms with E-state index in [-0.39, 0.29) is 28.1 Å². The molecule has 2 aromatic carbocycles. The van der Waals surface area contributed by atoms with Gasteiger partial charge in [0.1, 0.15) is 23.0 Å². The molecule has 0 aliphatic carbocycles. The molecule has 0 spiro atoms. The van der Waals surface area contributed by atoms with E-state index >= 15 is 0 Å². The van der Waals surface area contributed by atoms with E-state index in [1.807, 2.05) is 17.0 Å². The Hall–Kier alpha value is -4.58. The van der Waals surface area contributed by atoms with E-state index in [1.54, 1.807) is 19.4 Å². The smallest absolute Gasteiger partial charge is 0.253 e. The number of nitrogens with two attached hydrogens (primary N) is 1. The van der Waals surface area contributed by atoms with Gasteiger partial charge < -0.3 is 35.9 Å². The zero-order valence-electron chi connectivity index (χ0n) is 23.0. The molecule has 5 N–H and O–H groups in total. The van der Waals surface area contributed by atoms with Crippen molar-refractivity contribution in [1.29, 1.82) is 0 Å². The largest absolute Gasteiger partial charge is 0.495 e. The quantitative estimate of drug-likeness (QED) is 0.230. The third-order valence-electron chi connectivity index (χ3n) is 7.62. The molecule has 6 rings (SSSR count). The van der Waals surface area contributed by atoms with Crippen molar-refractivity contribution in [3.63, 3.8) is 0 Å². The van der Waals surface area contributed by atoms with E-state index in [2.05, 4.69) is 30.5 Å². The Bertz CT molecular complexity index is 1690. The van der Waals surface area contributed by atoms with Gasteiger partial charge in [-0.05, 0) is 61.6 Å². The van der Waals surface area contributed by atoms with Crippen LogP contribution >= 0.6 is 11.6 Å². The number of hydrogen-bond donors (Lipinski definition) is 4. The molecule has 4 aromatic rings. The van der Waals surface area contributed by atoms with E-state index in [1.165, 1.54) is 6.07 Å². The van der Waals surface area contributed by atoms with Crippen LogP contribution in [0.2, 0.25) is 5.02 Å². The van der Waals surface area contributed by atoms with E-state index in [0.29, 0.717) is 34.8 Å². The zero-order valence-corrected chi connectivity index (χ0v) is 23.7. The van der Waals surface area contributed by atoms with Gasteiger partial charge in [0.2, 0.25) is 11.9 Å². The van der Waals surface area contributed by atoms with Gasteiger partial charge in [0.15, 0.2) is 0 Å². The lowest BCUT2D eigenvalue weighted by molar-refractivity contribution is -0.128. The predicted octanol–water partition coefficient (Wildman–Crippen LogP) is 4.72. The Morgan fingerprint density at radius 3 is 2.67 bits per heavy atom. The number of amides is 2. The number of aryl methyl sites for hydroxylation is 1.